The quantitative estimate of drug-likeness (QED) is 0.873. The van der Waals surface area contributed by atoms with E-state index >= 15 is 0 Å². The second-order valence-corrected chi connectivity index (χ2v) is 6.34. The molecular weight excluding hydrogens is 316 g/mol. The lowest BCUT2D eigenvalue weighted by atomic mass is 10.2. The maximum Gasteiger partial charge on any atom is 0.272 e. The van der Waals surface area contributed by atoms with Crippen LogP contribution in [0, 0.1) is 6.92 Å². The highest BCUT2D eigenvalue weighted by molar-refractivity contribution is 5.92. The number of imidazole rings is 1. The molecule has 6 heteroatoms. The van der Waals surface area contributed by atoms with Crippen LogP contribution in [0.5, 0.6) is 5.75 Å². The summed E-state index contributed by atoms with van der Waals surface area (Å²) in [4.78, 5) is 24.0. The molecule has 0 radical (unpaired) electrons. The largest absolute Gasteiger partial charge is 0.492 e. The number of benzene rings is 1. The summed E-state index contributed by atoms with van der Waals surface area (Å²) in [5.41, 5.74) is 1.75. The van der Waals surface area contributed by atoms with Crippen LogP contribution in [0.3, 0.4) is 0 Å². The summed E-state index contributed by atoms with van der Waals surface area (Å²) in [7, 11) is 0. The Balaban J connectivity index is 1.42. The molecule has 0 saturated carbocycles. The minimum atomic E-state index is 0.0445. The number of rotatable bonds is 6. The van der Waals surface area contributed by atoms with E-state index in [0.717, 1.165) is 56.3 Å². The van der Waals surface area contributed by atoms with Crippen LogP contribution < -0.4 is 4.74 Å². The molecule has 134 valence electrons. The van der Waals surface area contributed by atoms with Gasteiger partial charge in [-0.25, -0.2) is 4.98 Å². The zero-order chi connectivity index (χ0) is 17.6. The Morgan fingerprint density at radius 1 is 1.24 bits per heavy atom. The Hall–Kier alpha value is -2.34. The molecular formula is C19H26N4O2. The SMILES string of the molecule is CCc1ncc(C(=O)N2CCN(CCOc3ccccc3C)CC2)[nH]1. The van der Waals surface area contributed by atoms with E-state index in [-0.39, 0.29) is 5.91 Å². The van der Waals surface area contributed by atoms with Crippen molar-refractivity contribution in [2.75, 3.05) is 39.3 Å². The highest BCUT2D eigenvalue weighted by atomic mass is 16.5. The molecule has 1 fully saturated rings. The molecule has 1 aliphatic heterocycles. The Morgan fingerprint density at radius 2 is 2.00 bits per heavy atom. The molecule has 0 atom stereocenters. The number of aromatic amines is 1. The third-order valence-corrected chi connectivity index (χ3v) is 4.61. The average molecular weight is 342 g/mol. The summed E-state index contributed by atoms with van der Waals surface area (Å²) < 4.78 is 5.86. The fourth-order valence-corrected chi connectivity index (χ4v) is 3.00. The average Bonchev–Trinajstić information content (AvgIpc) is 3.12. The summed E-state index contributed by atoms with van der Waals surface area (Å²) in [6.07, 6.45) is 2.45. The summed E-state index contributed by atoms with van der Waals surface area (Å²) >= 11 is 0. The molecule has 2 aromatic rings. The van der Waals surface area contributed by atoms with E-state index in [1.807, 2.05) is 30.0 Å². The van der Waals surface area contributed by atoms with Gasteiger partial charge in [0, 0.05) is 39.1 Å². The van der Waals surface area contributed by atoms with Gasteiger partial charge in [-0.05, 0) is 18.6 Å². The smallest absolute Gasteiger partial charge is 0.272 e. The first-order chi connectivity index (χ1) is 12.2. The lowest BCUT2D eigenvalue weighted by Crippen LogP contribution is -2.49. The van der Waals surface area contributed by atoms with Crippen LogP contribution in [-0.4, -0.2) is 65.0 Å². The maximum absolute atomic E-state index is 12.5. The van der Waals surface area contributed by atoms with Crippen LogP contribution in [0.1, 0.15) is 28.8 Å². The molecule has 1 aromatic heterocycles. The molecule has 1 aromatic carbocycles. The Morgan fingerprint density at radius 3 is 2.68 bits per heavy atom. The Labute approximate surface area is 148 Å². The number of ether oxygens (including phenoxy) is 1. The monoisotopic (exact) mass is 342 g/mol. The number of para-hydroxylation sites is 1. The third kappa shape index (κ3) is 4.39. The van der Waals surface area contributed by atoms with Gasteiger partial charge in [0.15, 0.2) is 0 Å². The fourth-order valence-electron chi connectivity index (χ4n) is 3.00. The Bertz CT molecular complexity index is 705. The van der Waals surface area contributed by atoms with E-state index in [0.29, 0.717) is 12.3 Å². The van der Waals surface area contributed by atoms with E-state index < -0.39 is 0 Å². The van der Waals surface area contributed by atoms with Crippen molar-refractivity contribution in [2.45, 2.75) is 20.3 Å². The zero-order valence-corrected chi connectivity index (χ0v) is 15.0. The van der Waals surface area contributed by atoms with Crippen molar-refractivity contribution in [1.29, 1.82) is 0 Å². The number of piperazine rings is 1. The molecule has 2 heterocycles. The number of aryl methyl sites for hydroxylation is 2. The van der Waals surface area contributed by atoms with Gasteiger partial charge in [-0.1, -0.05) is 25.1 Å². The lowest BCUT2D eigenvalue weighted by molar-refractivity contribution is 0.0615. The van der Waals surface area contributed by atoms with Crippen molar-refractivity contribution >= 4 is 5.91 Å². The minimum absolute atomic E-state index is 0.0445. The van der Waals surface area contributed by atoms with Gasteiger partial charge in [0.2, 0.25) is 0 Å². The van der Waals surface area contributed by atoms with Crippen LogP contribution in [-0.2, 0) is 6.42 Å². The maximum atomic E-state index is 12.5. The van der Waals surface area contributed by atoms with Gasteiger partial charge in [0.25, 0.3) is 5.91 Å². The molecule has 3 rings (SSSR count). The van der Waals surface area contributed by atoms with Crippen LogP contribution in [0.4, 0.5) is 0 Å². The molecule has 0 bridgehead atoms. The molecule has 1 saturated heterocycles. The van der Waals surface area contributed by atoms with E-state index in [2.05, 4.69) is 27.9 Å². The number of H-pyrrole nitrogens is 1. The third-order valence-electron chi connectivity index (χ3n) is 4.61. The molecule has 6 nitrogen and oxygen atoms in total. The van der Waals surface area contributed by atoms with Crippen LogP contribution in [0.2, 0.25) is 0 Å². The predicted molar refractivity (Wildman–Crippen MR) is 97.0 cm³/mol. The van der Waals surface area contributed by atoms with E-state index in [9.17, 15) is 4.79 Å². The number of carbonyl (C=O) groups excluding carboxylic acids is 1. The normalized spacial score (nSPS) is 15.4. The van der Waals surface area contributed by atoms with Crippen molar-refractivity contribution in [1.82, 2.24) is 19.8 Å². The van der Waals surface area contributed by atoms with Crippen LogP contribution in [0.25, 0.3) is 0 Å². The molecule has 25 heavy (non-hydrogen) atoms. The van der Waals surface area contributed by atoms with Gasteiger partial charge >= 0.3 is 0 Å². The second-order valence-electron chi connectivity index (χ2n) is 6.34. The molecule has 1 amide bonds. The standard InChI is InChI=1S/C19H26N4O2/c1-3-18-20-14-16(21-18)19(24)23-10-8-22(9-11-23)12-13-25-17-7-5-4-6-15(17)2/h4-7,14H,3,8-13H2,1-2H3,(H,20,21). The molecule has 0 spiro atoms. The molecule has 0 aliphatic carbocycles. The lowest BCUT2D eigenvalue weighted by Gasteiger charge is -2.34. The predicted octanol–water partition coefficient (Wildman–Crippen LogP) is 2.12. The van der Waals surface area contributed by atoms with Gasteiger partial charge in [-0.3, -0.25) is 9.69 Å². The summed E-state index contributed by atoms with van der Waals surface area (Å²) in [5, 5.41) is 0. The van der Waals surface area contributed by atoms with Gasteiger partial charge in [0.05, 0.1) is 6.20 Å². The van der Waals surface area contributed by atoms with Crippen molar-refractivity contribution in [2.24, 2.45) is 0 Å². The van der Waals surface area contributed by atoms with Crippen molar-refractivity contribution in [3.63, 3.8) is 0 Å². The van der Waals surface area contributed by atoms with Gasteiger partial charge in [-0.15, -0.1) is 0 Å². The van der Waals surface area contributed by atoms with Crippen LogP contribution >= 0.6 is 0 Å². The van der Waals surface area contributed by atoms with Crippen molar-refractivity contribution in [3.05, 3.63) is 47.5 Å². The highest BCUT2D eigenvalue weighted by Crippen LogP contribution is 2.16. The molecule has 1 N–H and O–H groups in total. The zero-order valence-electron chi connectivity index (χ0n) is 15.0. The van der Waals surface area contributed by atoms with Gasteiger partial charge in [-0.2, -0.15) is 0 Å². The van der Waals surface area contributed by atoms with Crippen molar-refractivity contribution < 1.29 is 9.53 Å². The number of hydrogen-bond donors (Lipinski definition) is 1. The topological polar surface area (TPSA) is 61.5 Å². The van der Waals surface area contributed by atoms with E-state index in [1.54, 1.807) is 6.20 Å². The Kier molecular flexibility index (Phi) is 5.71. The van der Waals surface area contributed by atoms with Gasteiger partial charge < -0.3 is 14.6 Å². The number of hydrogen-bond acceptors (Lipinski definition) is 4. The number of amides is 1. The highest BCUT2D eigenvalue weighted by Gasteiger charge is 2.23. The first kappa shape index (κ1) is 17.5. The number of nitrogens with zero attached hydrogens (tertiary/aromatic N) is 3. The summed E-state index contributed by atoms with van der Waals surface area (Å²) in [5.74, 6) is 1.85. The van der Waals surface area contributed by atoms with Gasteiger partial charge in [0.1, 0.15) is 23.9 Å². The minimum Gasteiger partial charge on any atom is -0.492 e. The number of carbonyl (C=O) groups is 1. The number of nitrogens with one attached hydrogen (secondary N) is 1. The van der Waals surface area contributed by atoms with Crippen LogP contribution in [0.15, 0.2) is 30.5 Å². The van der Waals surface area contributed by atoms with Crippen molar-refractivity contribution in [3.8, 4) is 5.75 Å². The summed E-state index contributed by atoms with van der Waals surface area (Å²) in [6.45, 7) is 8.84. The number of aromatic nitrogens is 2. The first-order valence-corrected chi connectivity index (χ1v) is 8.91. The molecule has 0 unspecified atom stereocenters. The van der Waals surface area contributed by atoms with E-state index in [4.69, 9.17) is 4.74 Å². The van der Waals surface area contributed by atoms with E-state index in [1.165, 1.54) is 0 Å². The first-order valence-electron chi connectivity index (χ1n) is 8.91. The molecule has 1 aliphatic rings. The second kappa shape index (κ2) is 8.16. The summed E-state index contributed by atoms with van der Waals surface area (Å²) in [6, 6.07) is 8.06. The fraction of sp³-hybridized carbons (Fsp3) is 0.474.